The number of esters is 2. The van der Waals surface area contributed by atoms with Crippen LogP contribution >= 0.6 is 0 Å². The molecular weight excluding hydrogens is 220 g/mol. The molecule has 0 N–H and O–H groups in total. The number of rotatable bonds is 5. The Labute approximate surface area is 101 Å². The SMILES string of the molecule is CCCCCOC(=O)C(=O)Oc1ccccc1. The summed E-state index contributed by atoms with van der Waals surface area (Å²) >= 11 is 0. The molecule has 0 atom stereocenters. The van der Waals surface area contributed by atoms with Gasteiger partial charge in [-0.15, -0.1) is 0 Å². The lowest BCUT2D eigenvalue weighted by molar-refractivity contribution is -0.162. The second-order valence-corrected chi connectivity index (χ2v) is 3.55. The van der Waals surface area contributed by atoms with Gasteiger partial charge >= 0.3 is 11.9 Å². The van der Waals surface area contributed by atoms with Gasteiger partial charge in [-0.05, 0) is 18.6 Å². The molecule has 0 heterocycles. The van der Waals surface area contributed by atoms with Gasteiger partial charge in [0.05, 0.1) is 6.61 Å². The maximum Gasteiger partial charge on any atom is 0.422 e. The largest absolute Gasteiger partial charge is 0.457 e. The van der Waals surface area contributed by atoms with Crippen molar-refractivity contribution in [2.24, 2.45) is 0 Å². The highest BCUT2D eigenvalue weighted by Gasteiger charge is 2.17. The van der Waals surface area contributed by atoms with Crippen LogP contribution in [-0.2, 0) is 14.3 Å². The molecule has 1 aromatic carbocycles. The monoisotopic (exact) mass is 236 g/mol. The number of carbonyl (C=O) groups is 2. The predicted octanol–water partition coefficient (Wildman–Crippen LogP) is 2.33. The molecule has 0 fully saturated rings. The Hall–Kier alpha value is -1.84. The maximum absolute atomic E-state index is 11.3. The number of ether oxygens (including phenoxy) is 2. The summed E-state index contributed by atoms with van der Waals surface area (Å²) in [6.07, 6.45) is 2.77. The van der Waals surface area contributed by atoms with Crippen LogP contribution in [0, 0.1) is 0 Å². The second kappa shape index (κ2) is 7.44. The first-order valence-corrected chi connectivity index (χ1v) is 5.68. The van der Waals surface area contributed by atoms with E-state index in [1.165, 1.54) is 0 Å². The van der Waals surface area contributed by atoms with Crippen molar-refractivity contribution >= 4 is 11.9 Å². The van der Waals surface area contributed by atoms with Crippen LogP contribution in [0.2, 0.25) is 0 Å². The second-order valence-electron chi connectivity index (χ2n) is 3.55. The van der Waals surface area contributed by atoms with Crippen molar-refractivity contribution < 1.29 is 19.1 Å². The highest BCUT2D eigenvalue weighted by atomic mass is 16.6. The van der Waals surface area contributed by atoms with Crippen LogP contribution in [-0.4, -0.2) is 18.5 Å². The van der Waals surface area contributed by atoms with Crippen molar-refractivity contribution in [3.63, 3.8) is 0 Å². The number of benzene rings is 1. The fourth-order valence-corrected chi connectivity index (χ4v) is 1.21. The Morgan fingerprint density at radius 2 is 1.76 bits per heavy atom. The zero-order valence-electron chi connectivity index (χ0n) is 9.85. The summed E-state index contributed by atoms with van der Waals surface area (Å²) in [7, 11) is 0. The molecule has 0 aliphatic rings. The van der Waals surface area contributed by atoms with Crippen molar-refractivity contribution in [2.75, 3.05) is 6.61 Å². The molecule has 4 heteroatoms. The van der Waals surface area contributed by atoms with E-state index in [0.29, 0.717) is 5.75 Å². The van der Waals surface area contributed by atoms with Crippen LogP contribution in [0.25, 0.3) is 0 Å². The van der Waals surface area contributed by atoms with Crippen LogP contribution in [0.15, 0.2) is 30.3 Å². The Bertz CT molecular complexity index is 359. The molecule has 0 saturated carbocycles. The van der Waals surface area contributed by atoms with Crippen molar-refractivity contribution in [1.82, 2.24) is 0 Å². The van der Waals surface area contributed by atoms with Gasteiger partial charge in [-0.3, -0.25) is 0 Å². The van der Waals surface area contributed by atoms with Gasteiger partial charge in [-0.1, -0.05) is 38.0 Å². The molecule has 0 aliphatic heterocycles. The Balaban J connectivity index is 2.30. The average molecular weight is 236 g/mol. The first kappa shape index (κ1) is 13.2. The third-order valence-electron chi connectivity index (χ3n) is 2.10. The van der Waals surface area contributed by atoms with Crippen molar-refractivity contribution in [3.05, 3.63) is 30.3 Å². The number of para-hydroxylation sites is 1. The molecule has 17 heavy (non-hydrogen) atoms. The fraction of sp³-hybridized carbons (Fsp3) is 0.385. The Morgan fingerprint density at radius 1 is 1.06 bits per heavy atom. The summed E-state index contributed by atoms with van der Waals surface area (Å²) in [5.41, 5.74) is 0. The smallest absolute Gasteiger partial charge is 0.422 e. The van der Waals surface area contributed by atoms with Crippen LogP contribution in [0.3, 0.4) is 0 Å². The Kier molecular flexibility index (Phi) is 5.79. The molecule has 0 saturated heterocycles. The minimum atomic E-state index is -0.979. The lowest BCUT2D eigenvalue weighted by Crippen LogP contribution is -2.23. The molecular formula is C13H16O4. The first-order chi connectivity index (χ1) is 8.24. The molecule has 0 unspecified atom stereocenters. The maximum atomic E-state index is 11.3. The van der Waals surface area contributed by atoms with Crippen LogP contribution in [0.4, 0.5) is 0 Å². The molecule has 0 bridgehead atoms. The van der Waals surface area contributed by atoms with Crippen molar-refractivity contribution in [3.8, 4) is 5.75 Å². The molecule has 0 amide bonds. The van der Waals surface area contributed by atoms with Crippen molar-refractivity contribution in [2.45, 2.75) is 26.2 Å². The van der Waals surface area contributed by atoms with E-state index in [-0.39, 0.29) is 6.61 Å². The number of hydrogen-bond donors (Lipinski definition) is 0. The van der Waals surface area contributed by atoms with Crippen molar-refractivity contribution in [1.29, 1.82) is 0 Å². The van der Waals surface area contributed by atoms with E-state index in [1.54, 1.807) is 30.3 Å². The van der Waals surface area contributed by atoms with Crippen LogP contribution < -0.4 is 4.74 Å². The quantitative estimate of drug-likeness (QED) is 0.341. The molecule has 4 nitrogen and oxygen atoms in total. The number of carbonyl (C=O) groups excluding carboxylic acids is 2. The first-order valence-electron chi connectivity index (χ1n) is 5.68. The van der Waals surface area contributed by atoms with E-state index in [9.17, 15) is 9.59 Å². The van der Waals surface area contributed by atoms with E-state index < -0.39 is 11.9 Å². The van der Waals surface area contributed by atoms with Gasteiger partial charge in [0.2, 0.25) is 0 Å². The zero-order chi connectivity index (χ0) is 12.5. The number of hydrogen-bond acceptors (Lipinski definition) is 4. The molecule has 0 aliphatic carbocycles. The van der Waals surface area contributed by atoms with Gasteiger partial charge in [0.15, 0.2) is 0 Å². The molecule has 1 rings (SSSR count). The summed E-state index contributed by atoms with van der Waals surface area (Å²) in [6, 6.07) is 8.43. The summed E-state index contributed by atoms with van der Waals surface area (Å²) < 4.78 is 9.58. The Morgan fingerprint density at radius 3 is 2.41 bits per heavy atom. The molecule has 0 radical (unpaired) electrons. The van der Waals surface area contributed by atoms with Crippen LogP contribution in [0.5, 0.6) is 5.75 Å². The lowest BCUT2D eigenvalue weighted by atomic mass is 10.3. The molecule has 0 aromatic heterocycles. The average Bonchev–Trinajstić information content (AvgIpc) is 2.35. The van der Waals surface area contributed by atoms with Gasteiger partial charge in [0.25, 0.3) is 0 Å². The lowest BCUT2D eigenvalue weighted by Gasteiger charge is -2.04. The van der Waals surface area contributed by atoms with Gasteiger partial charge in [0.1, 0.15) is 5.75 Å². The highest BCUT2D eigenvalue weighted by molar-refractivity contribution is 6.30. The molecule has 0 spiro atoms. The minimum Gasteiger partial charge on any atom is -0.457 e. The van der Waals surface area contributed by atoms with Gasteiger partial charge < -0.3 is 9.47 Å². The van der Waals surface area contributed by atoms with E-state index in [2.05, 4.69) is 0 Å². The predicted molar refractivity (Wildman–Crippen MR) is 62.6 cm³/mol. The highest BCUT2D eigenvalue weighted by Crippen LogP contribution is 2.08. The normalized spacial score (nSPS) is 9.71. The fourth-order valence-electron chi connectivity index (χ4n) is 1.21. The minimum absolute atomic E-state index is 0.260. The van der Waals surface area contributed by atoms with E-state index in [4.69, 9.17) is 9.47 Å². The summed E-state index contributed by atoms with van der Waals surface area (Å²) in [6.45, 7) is 2.31. The number of unbranched alkanes of at least 4 members (excludes halogenated alkanes) is 2. The van der Waals surface area contributed by atoms with E-state index >= 15 is 0 Å². The summed E-state index contributed by atoms with van der Waals surface area (Å²) in [4.78, 5) is 22.5. The van der Waals surface area contributed by atoms with Gasteiger partial charge in [-0.25, -0.2) is 9.59 Å². The topological polar surface area (TPSA) is 52.6 Å². The molecule has 1 aromatic rings. The summed E-state index contributed by atoms with van der Waals surface area (Å²) in [5, 5.41) is 0. The van der Waals surface area contributed by atoms with Gasteiger partial charge in [-0.2, -0.15) is 0 Å². The zero-order valence-corrected chi connectivity index (χ0v) is 9.85. The van der Waals surface area contributed by atoms with E-state index in [1.807, 2.05) is 6.92 Å². The van der Waals surface area contributed by atoms with E-state index in [0.717, 1.165) is 19.3 Å². The third-order valence-corrected chi connectivity index (χ3v) is 2.10. The summed E-state index contributed by atoms with van der Waals surface area (Å²) in [5.74, 6) is -1.58. The van der Waals surface area contributed by atoms with Crippen LogP contribution in [0.1, 0.15) is 26.2 Å². The third kappa shape index (κ3) is 5.15. The van der Waals surface area contributed by atoms with Gasteiger partial charge in [0, 0.05) is 0 Å². The standard InChI is InChI=1S/C13H16O4/c1-2-3-7-10-16-12(14)13(15)17-11-8-5-4-6-9-11/h4-6,8-9H,2-3,7,10H2,1H3. The molecule has 92 valence electrons.